The number of aromatic nitrogens is 2. The Hall–Kier alpha value is -2.63. The third-order valence-corrected chi connectivity index (χ3v) is 4.98. The minimum Gasteiger partial charge on any atom is -0.481 e. The standard InChI is InChI=1S/C20H25N3O3/c1-13-8-10-15(11-9-13)23-17-7-5-4-6-16(17)18(21-23)19(24)22(3)12-14(2)20(25)26/h8-11,14H,4-7,12H2,1-3H3,(H,25,26). The molecule has 1 aliphatic carbocycles. The lowest BCUT2D eigenvalue weighted by Gasteiger charge is -2.19. The summed E-state index contributed by atoms with van der Waals surface area (Å²) in [5.74, 6) is -1.72. The van der Waals surface area contributed by atoms with Gasteiger partial charge in [-0.25, -0.2) is 4.68 Å². The molecule has 26 heavy (non-hydrogen) atoms. The van der Waals surface area contributed by atoms with Crippen molar-refractivity contribution in [3.05, 3.63) is 46.8 Å². The first-order valence-electron chi connectivity index (χ1n) is 9.04. The third-order valence-electron chi connectivity index (χ3n) is 4.98. The van der Waals surface area contributed by atoms with Crippen LogP contribution in [0.2, 0.25) is 0 Å². The number of carbonyl (C=O) groups is 2. The van der Waals surface area contributed by atoms with Crippen molar-refractivity contribution in [2.45, 2.75) is 39.5 Å². The van der Waals surface area contributed by atoms with E-state index in [0.717, 1.165) is 42.6 Å². The van der Waals surface area contributed by atoms with Crippen LogP contribution in [0.5, 0.6) is 0 Å². The van der Waals surface area contributed by atoms with Crippen molar-refractivity contribution in [3.63, 3.8) is 0 Å². The SMILES string of the molecule is Cc1ccc(-n2nc(C(=O)N(C)CC(C)C(=O)O)c3c2CCCC3)cc1. The summed E-state index contributed by atoms with van der Waals surface area (Å²) >= 11 is 0. The Labute approximate surface area is 153 Å². The molecule has 0 radical (unpaired) electrons. The zero-order valence-electron chi connectivity index (χ0n) is 15.5. The molecule has 3 rings (SSSR count). The molecule has 1 amide bonds. The van der Waals surface area contributed by atoms with Crippen LogP contribution in [0, 0.1) is 12.8 Å². The van der Waals surface area contributed by atoms with E-state index in [9.17, 15) is 9.59 Å². The Kier molecular flexibility index (Phi) is 5.11. The fourth-order valence-corrected chi connectivity index (χ4v) is 3.42. The highest BCUT2D eigenvalue weighted by molar-refractivity contribution is 5.94. The van der Waals surface area contributed by atoms with E-state index in [1.165, 1.54) is 10.5 Å². The summed E-state index contributed by atoms with van der Waals surface area (Å²) in [6.45, 7) is 3.81. The number of hydrogen-bond donors (Lipinski definition) is 1. The molecule has 1 N–H and O–H groups in total. The molecule has 1 atom stereocenters. The summed E-state index contributed by atoms with van der Waals surface area (Å²) in [7, 11) is 1.64. The maximum Gasteiger partial charge on any atom is 0.308 e. The minimum absolute atomic E-state index is 0.167. The van der Waals surface area contributed by atoms with Gasteiger partial charge in [0.25, 0.3) is 5.91 Å². The van der Waals surface area contributed by atoms with Crippen molar-refractivity contribution in [1.29, 1.82) is 0 Å². The van der Waals surface area contributed by atoms with Crippen LogP contribution in [0.25, 0.3) is 5.69 Å². The summed E-state index contributed by atoms with van der Waals surface area (Å²) < 4.78 is 1.88. The molecule has 138 valence electrons. The van der Waals surface area contributed by atoms with Gasteiger partial charge in [-0.05, 0) is 44.7 Å². The van der Waals surface area contributed by atoms with Crippen LogP contribution < -0.4 is 0 Å². The molecule has 2 aromatic rings. The van der Waals surface area contributed by atoms with Crippen molar-refractivity contribution < 1.29 is 14.7 Å². The number of fused-ring (bicyclic) bond motifs is 1. The van der Waals surface area contributed by atoms with Crippen molar-refractivity contribution in [3.8, 4) is 5.69 Å². The van der Waals surface area contributed by atoms with Gasteiger partial charge in [0.15, 0.2) is 5.69 Å². The van der Waals surface area contributed by atoms with Crippen LogP contribution in [0.1, 0.15) is 47.1 Å². The van der Waals surface area contributed by atoms with E-state index in [4.69, 9.17) is 5.11 Å². The van der Waals surface area contributed by atoms with Gasteiger partial charge in [0.2, 0.25) is 0 Å². The van der Waals surface area contributed by atoms with Gasteiger partial charge in [-0.1, -0.05) is 24.6 Å². The Morgan fingerprint density at radius 1 is 1.23 bits per heavy atom. The van der Waals surface area contributed by atoms with E-state index < -0.39 is 11.9 Å². The molecule has 1 heterocycles. The van der Waals surface area contributed by atoms with Gasteiger partial charge < -0.3 is 10.0 Å². The summed E-state index contributed by atoms with van der Waals surface area (Å²) in [4.78, 5) is 25.5. The summed E-state index contributed by atoms with van der Waals surface area (Å²) in [5, 5.41) is 13.7. The van der Waals surface area contributed by atoms with Crippen LogP contribution in [-0.4, -0.2) is 45.3 Å². The van der Waals surface area contributed by atoms with Crippen molar-refractivity contribution in [2.75, 3.05) is 13.6 Å². The summed E-state index contributed by atoms with van der Waals surface area (Å²) in [6.07, 6.45) is 3.87. The molecule has 0 aliphatic heterocycles. The Morgan fingerprint density at radius 2 is 1.88 bits per heavy atom. The van der Waals surface area contributed by atoms with Crippen molar-refractivity contribution >= 4 is 11.9 Å². The first kappa shape index (κ1) is 18.2. The van der Waals surface area contributed by atoms with Gasteiger partial charge in [0.1, 0.15) is 0 Å². The second-order valence-corrected chi connectivity index (χ2v) is 7.15. The number of carboxylic acids is 1. The van der Waals surface area contributed by atoms with E-state index in [1.807, 2.05) is 35.9 Å². The van der Waals surface area contributed by atoms with Crippen LogP contribution in [0.4, 0.5) is 0 Å². The first-order valence-corrected chi connectivity index (χ1v) is 9.04. The van der Waals surface area contributed by atoms with Crippen molar-refractivity contribution in [1.82, 2.24) is 14.7 Å². The number of carbonyl (C=O) groups excluding carboxylic acids is 1. The zero-order chi connectivity index (χ0) is 18.8. The molecular weight excluding hydrogens is 330 g/mol. The van der Waals surface area contributed by atoms with E-state index >= 15 is 0 Å². The smallest absolute Gasteiger partial charge is 0.308 e. The number of hydrogen-bond acceptors (Lipinski definition) is 3. The predicted octanol–water partition coefficient (Wildman–Crippen LogP) is 2.85. The minimum atomic E-state index is -0.906. The number of nitrogens with zero attached hydrogens (tertiary/aromatic N) is 3. The second kappa shape index (κ2) is 7.32. The van der Waals surface area contributed by atoms with E-state index in [2.05, 4.69) is 5.10 Å². The topological polar surface area (TPSA) is 75.4 Å². The second-order valence-electron chi connectivity index (χ2n) is 7.15. The van der Waals surface area contributed by atoms with Gasteiger partial charge in [-0.2, -0.15) is 5.10 Å². The van der Waals surface area contributed by atoms with Gasteiger partial charge in [0.05, 0.1) is 11.6 Å². The van der Waals surface area contributed by atoms with Gasteiger partial charge in [-0.3, -0.25) is 9.59 Å². The lowest BCUT2D eigenvalue weighted by molar-refractivity contribution is -0.141. The highest BCUT2D eigenvalue weighted by Gasteiger charge is 2.28. The molecule has 1 aromatic heterocycles. The number of aryl methyl sites for hydroxylation is 1. The Morgan fingerprint density at radius 3 is 2.54 bits per heavy atom. The highest BCUT2D eigenvalue weighted by atomic mass is 16.4. The number of aliphatic carboxylic acids is 1. The van der Waals surface area contributed by atoms with Gasteiger partial charge >= 0.3 is 5.97 Å². The molecule has 1 aromatic carbocycles. The summed E-state index contributed by atoms with van der Waals surface area (Å²) in [5.41, 5.74) is 4.70. The Bertz CT molecular complexity index is 824. The maximum atomic E-state index is 12.9. The number of rotatable bonds is 5. The van der Waals surface area contributed by atoms with Crippen LogP contribution in [0.3, 0.4) is 0 Å². The van der Waals surface area contributed by atoms with E-state index in [-0.39, 0.29) is 12.5 Å². The molecular formula is C20H25N3O3. The average Bonchev–Trinajstić information content (AvgIpc) is 3.01. The molecule has 1 unspecified atom stereocenters. The van der Waals surface area contributed by atoms with E-state index in [0.29, 0.717) is 5.69 Å². The van der Waals surface area contributed by atoms with Gasteiger partial charge in [0, 0.05) is 24.8 Å². The summed E-state index contributed by atoms with van der Waals surface area (Å²) in [6, 6.07) is 8.10. The lowest BCUT2D eigenvalue weighted by atomic mass is 9.95. The molecule has 6 heteroatoms. The molecule has 0 saturated carbocycles. The number of carboxylic acid groups (broad SMARTS) is 1. The largest absolute Gasteiger partial charge is 0.481 e. The molecule has 6 nitrogen and oxygen atoms in total. The normalized spacial score (nSPS) is 14.6. The maximum absolute atomic E-state index is 12.9. The molecule has 0 saturated heterocycles. The van der Waals surface area contributed by atoms with Crippen LogP contribution in [0.15, 0.2) is 24.3 Å². The molecule has 0 fully saturated rings. The van der Waals surface area contributed by atoms with Crippen LogP contribution in [-0.2, 0) is 17.6 Å². The predicted molar refractivity (Wildman–Crippen MR) is 98.7 cm³/mol. The quantitative estimate of drug-likeness (QED) is 0.895. The Balaban J connectivity index is 1.96. The highest BCUT2D eigenvalue weighted by Crippen LogP contribution is 2.28. The molecule has 0 bridgehead atoms. The lowest BCUT2D eigenvalue weighted by Crippen LogP contribution is -2.34. The first-order chi connectivity index (χ1) is 12.4. The fourth-order valence-electron chi connectivity index (χ4n) is 3.42. The monoisotopic (exact) mass is 355 g/mol. The fraction of sp³-hybridized carbons (Fsp3) is 0.450. The number of benzene rings is 1. The van der Waals surface area contributed by atoms with E-state index in [1.54, 1.807) is 14.0 Å². The van der Waals surface area contributed by atoms with Crippen molar-refractivity contribution in [2.24, 2.45) is 5.92 Å². The zero-order valence-corrected chi connectivity index (χ0v) is 15.5. The van der Waals surface area contributed by atoms with Crippen LogP contribution >= 0.6 is 0 Å². The molecule has 0 spiro atoms. The molecule has 1 aliphatic rings. The number of amides is 1. The third kappa shape index (κ3) is 3.49. The van der Waals surface area contributed by atoms with Gasteiger partial charge in [-0.15, -0.1) is 0 Å². The average molecular weight is 355 g/mol.